The highest BCUT2D eigenvalue weighted by molar-refractivity contribution is 5.18. The van der Waals surface area contributed by atoms with Gasteiger partial charge in [0.25, 0.3) is 0 Å². The van der Waals surface area contributed by atoms with Crippen molar-refractivity contribution >= 4 is 0 Å². The molecule has 2 rings (SSSR count). The van der Waals surface area contributed by atoms with Crippen LogP contribution in [-0.2, 0) is 17.9 Å². The molecule has 2 aromatic rings. The van der Waals surface area contributed by atoms with Gasteiger partial charge in [-0.2, -0.15) is 0 Å². The first-order chi connectivity index (χ1) is 9.31. The average Bonchev–Trinajstić information content (AvgIpc) is 2.91. The molecular formula is C16H21NO2. The minimum Gasteiger partial charge on any atom is -0.467 e. The van der Waals surface area contributed by atoms with Crippen molar-refractivity contribution in [2.45, 2.75) is 33.1 Å². The third kappa shape index (κ3) is 3.94. The molecule has 1 aromatic carbocycles. The van der Waals surface area contributed by atoms with E-state index in [4.69, 9.17) is 9.15 Å². The molecule has 0 aliphatic heterocycles. The molecule has 0 aliphatic carbocycles. The van der Waals surface area contributed by atoms with E-state index in [1.165, 1.54) is 11.1 Å². The molecule has 3 nitrogen and oxygen atoms in total. The van der Waals surface area contributed by atoms with Crippen molar-refractivity contribution in [3.63, 3.8) is 0 Å². The molecule has 0 bridgehead atoms. The predicted octanol–water partition coefficient (Wildman–Crippen LogP) is 3.67. The van der Waals surface area contributed by atoms with Crippen LogP contribution in [-0.4, -0.2) is 6.54 Å². The maximum Gasteiger partial charge on any atom is 0.133 e. The lowest BCUT2D eigenvalue weighted by molar-refractivity contribution is 0.0414. The molecule has 1 atom stereocenters. The Morgan fingerprint density at radius 1 is 1.21 bits per heavy atom. The number of hydrogen-bond donors (Lipinski definition) is 1. The van der Waals surface area contributed by atoms with Crippen molar-refractivity contribution in [3.8, 4) is 0 Å². The number of ether oxygens (including phenoxy) is 1. The zero-order valence-corrected chi connectivity index (χ0v) is 11.6. The first-order valence-corrected chi connectivity index (χ1v) is 6.73. The number of nitrogens with one attached hydrogen (secondary N) is 1. The Kier molecular flexibility index (Phi) is 5.19. The predicted molar refractivity (Wildman–Crippen MR) is 75.7 cm³/mol. The number of rotatable bonds is 7. The third-order valence-corrected chi connectivity index (χ3v) is 3.14. The molecule has 0 saturated heterocycles. The highest BCUT2D eigenvalue weighted by Crippen LogP contribution is 2.20. The molecule has 0 amide bonds. The smallest absolute Gasteiger partial charge is 0.133 e. The number of benzene rings is 1. The van der Waals surface area contributed by atoms with Crippen LogP contribution in [0.5, 0.6) is 0 Å². The van der Waals surface area contributed by atoms with Crippen molar-refractivity contribution in [3.05, 3.63) is 59.5 Å². The summed E-state index contributed by atoms with van der Waals surface area (Å²) in [7, 11) is 0. The molecule has 3 heteroatoms. The summed E-state index contributed by atoms with van der Waals surface area (Å²) in [4.78, 5) is 0. The van der Waals surface area contributed by atoms with E-state index >= 15 is 0 Å². The lowest BCUT2D eigenvalue weighted by Gasteiger charge is -2.13. The number of furan rings is 1. The Labute approximate surface area is 114 Å². The van der Waals surface area contributed by atoms with E-state index < -0.39 is 0 Å². The van der Waals surface area contributed by atoms with E-state index in [2.05, 4.69) is 31.3 Å². The van der Waals surface area contributed by atoms with Crippen LogP contribution in [0, 0.1) is 0 Å². The van der Waals surface area contributed by atoms with Gasteiger partial charge in [0.1, 0.15) is 12.4 Å². The van der Waals surface area contributed by atoms with E-state index in [-0.39, 0.29) is 6.10 Å². The Bertz CT molecular complexity index is 479. The summed E-state index contributed by atoms with van der Waals surface area (Å²) >= 11 is 0. The van der Waals surface area contributed by atoms with Crippen LogP contribution in [0.3, 0.4) is 0 Å². The van der Waals surface area contributed by atoms with Gasteiger partial charge in [-0.05, 0) is 25.1 Å². The van der Waals surface area contributed by atoms with Crippen LogP contribution >= 0.6 is 0 Å². The van der Waals surface area contributed by atoms with Gasteiger partial charge in [0.2, 0.25) is 0 Å². The summed E-state index contributed by atoms with van der Waals surface area (Å²) in [6.45, 7) is 6.43. The van der Waals surface area contributed by atoms with Gasteiger partial charge >= 0.3 is 0 Å². The lowest BCUT2D eigenvalue weighted by Crippen LogP contribution is -2.12. The minimum absolute atomic E-state index is 0.0679. The Balaban J connectivity index is 1.90. The second kappa shape index (κ2) is 7.12. The average molecular weight is 259 g/mol. The van der Waals surface area contributed by atoms with Crippen LogP contribution in [0.4, 0.5) is 0 Å². The summed E-state index contributed by atoms with van der Waals surface area (Å²) < 4.78 is 11.4. The van der Waals surface area contributed by atoms with Gasteiger partial charge in [0.05, 0.1) is 12.4 Å². The first-order valence-electron chi connectivity index (χ1n) is 6.73. The molecule has 0 fully saturated rings. The van der Waals surface area contributed by atoms with E-state index in [0.29, 0.717) is 6.61 Å². The van der Waals surface area contributed by atoms with Gasteiger partial charge in [-0.1, -0.05) is 37.3 Å². The topological polar surface area (TPSA) is 34.4 Å². The zero-order chi connectivity index (χ0) is 13.5. The molecular weight excluding hydrogens is 238 g/mol. The quantitative estimate of drug-likeness (QED) is 0.824. The summed E-state index contributed by atoms with van der Waals surface area (Å²) in [6.07, 6.45) is 1.79. The van der Waals surface area contributed by atoms with Crippen LogP contribution in [0.25, 0.3) is 0 Å². The van der Waals surface area contributed by atoms with E-state index in [1.54, 1.807) is 6.26 Å². The Hall–Kier alpha value is -1.58. The van der Waals surface area contributed by atoms with Crippen LogP contribution in [0.1, 0.15) is 36.8 Å². The molecule has 0 saturated carbocycles. The van der Waals surface area contributed by atoms with E-state index in [9.17, 15) is 0 Å². The second-order valence-electron chi connectivity index (χ2n) is 4.51. The van der Waals surface area contributed by atoms with Crippen molar-refractivity contribution < 1.29 is 9.15 Å². The van der Waals surface area contributed by atoms with Crippen molar-refractivity contribution in [1.82, 2.24) is 5.32 Å². The van der Waals surface area contributed by atoms with Gasteiger partial charge in [0.15, 0.2) is 0 Å². The molecule has 1 unspecified atom stereocenters. The second-order valence-corrected chi connectivity index (χ2v) is 4.51. The molecule has 0 radical (unpaired) electrons. The zero-order valence-electron chi connectivity index (χ0n) is 11.6. The molecule has 19 heavy (non-hydrogen) atoms. The summed E-state index contributed by atoms with van der Waals surface area (Å²) in [5, 5.41) is 3.29. The van der Waals surface area contributed by atoms with Crippen molar-refractivity contribution in [1.29, 1.82) is 0 Å². The Morgan fingerprint density at radius 3 is 2.74 bits per heavy atom. The highest BCUT2D eigenvalue weighted by atomic mass is 16.5. The summed E-state index contributed by atoms with van der Waals surface area (Å²) in [5.41, 5.74) is 2.35. The van der Waals surface area contributed by atoms with Crippen LogP contribution < -0.4 is 5.32 Å². The van der Waals surface area contributed by atoms with Crippen LogP contribution in [0.2, 0.25) is 0 Å². The van der Waals surface area contributed by atoms with Gasteiger partial charge in [-0.15, -0.1) is 0 Å². The van der Waals surface area contributed by atoms with Crippen molar-refractivity contribution in [2.24, 2.45) is 0 Å². The first kappa shape index (κ1) is 13.8. The molecule has 1 aromatic heterocycles. The molecule has 1 heterocycles. The highest BCUT2D eigenvalue weighted by Gasteiger charge is 2.10. The molecule has 0 aliphatic rings. The van der Waals surface area contributed by atoms with E-state index in [0.717, 1.165) is 18.8 Å². The van der Waals surface area contributed by atoms with Gasteiger partial charge in [-0.3, -0.25) is 0 Å². The number of hydrogen-bond acceptors (Lipinski definition) is 3. The normalized spacial score (nSPS) is 12.5. The fourth-order valence-electron chi connectivity index (χ4n) is 1.93. The van der Waals surface area contributed by atoms with Gasteiger partial charge in [0, 0.05) is 12.1 Å². The fraction of sp³-hybridized carbons (Fsp3) is 0.375. The van der Waals surface area contributed by atoms with Gasteiger partial charge in [-0.25, -0.2) is 0 Å². The summed E-state index contributed by atoms with van der Waals surface area (Å²) in [5.74, 6) is 0.906. The standard InChI is InChI=1S/C16H21NO2/c1-3-17-11-15-9-10-18-16(15)12-19-13(2)14-7-5-4-6-8-14/h4-10,13,17H,3,11-12H2,1-2H3. The monoisotopic (exact) mass is 259 g/mol. The minimum atomic E-state index is 0.0679. The molecule has 102 valence electrons. The van der Waals surface area contributed by atoms with Crippen LogP contribution in [0.15, 0.2) is 47.1 Å². The van der Waals surface area contributed by atoms with Crippen molar-refractivity contribution in [2.75, 3.05) is 6.54 Å². The maximum absolute atomic E-state index is 5.87. The fourth-order valence-corrected chi connectivity index (χ4v) is 1.93. The lowest BCUT2D eigenvalue weighted by atomic mass is 10.1. The third-order valence-electron chi connectivity index (χ3n) is 3.14. The maximum atomic E-state index is 5.87. The Morgan fingerprint density at radius 2 is 2.00 bits per heavy atom. The largest absolute Gasteiger partial charge is 0.467 e. The SMILES string of the molecule is CCNCc1ccoc1COC(C)c1ccccc1. The molecule has 0 spiro atoms. The summed E-state index contributed by atoms with van der Waals surface area (Å²) in [6, 6.07) is 12.2. The van der Waals surface area contributed by atoms with Gasteiger partial charge < -0.3 is 14.5 Å². The molecule has 1 N–H and O–H groups in total. The van der Waals surface area contributed by atoms with E-state index in [1.807, 2.05) is 24.3 Å².